The van der Waals surface area contributed by atoms with Crippen molar-refractivity contribution in [3.8, 4) is 12.3 Å². The van der Waals surface area contributed by atoms with Gasteiger partial charge < -0.3 is 18.9 Å². The molecule has 0 N–H and O–H groups in total. The van der Waals surface area contributed by atoms with Gasteiger partial charge in [0.05, 0.1) is 24.0 Å². The van der Waals surface area contributed by atoms with E-state index in [9.17, 15) is 9.59 Å². The highest BCUT2D eigenvalue weighted by Gasteiger charge is 2.42. The maximum Gasteiger partial charge on any atom is 0.311 e. The standard InChI is InChI=1S/C18H30O6/c1-7-9-22-11-13-23-15(19)17(3,4)14-18(5,8-2)16(20)24-12-10-21-6/h1H,8-14H2,2-6H3. The fourth-order valence-electron chi connectivity index (χ4n) is 2.30. The zero-order chi connectivity index (χ0) is 18.6. The normalized spacial score (nSPS) is 13.7. The van der Waals surface area contributed by atoms with Crippen molar-refractivity contribution in [2.75, 3.05) is 40.1 Å². The summed E-state index contributed by atoms with van der Waals surface area (Å²) in [6.45, 7) is 8.31. The van der Waals surface area contributed by atoms with Gasteiger partial charge >= 0.3 is 11.9 Å². The fraction of sp³-hybridized carbons (Fsp3) is 0.778. The summed E-state index contributed by atoms with van der Waals surface area (Å²) in [5.74, 6) is 1.62. The molecule has 6 heteroatoms. The minimum atomic E-state index is -0.822. The first-order valence-corrected chi connectivity index (χ1v) is 8.08. The van der Waals surface area contributed by atoms with E-state index in [1.807, 2.05) is 6.92 Å². The number of hydrogen-bond donors (Lipinski definition) is 0. The number of ether oxygens (including phenoxy) is 4. The van der Waals surface area contributed by atoms with Crippen LogP contribution in [-0.4, -0.2) is 52.1 Å². The largest absolute Gasteiger partial charge is 0.463 e. The Labute approximate surface area is 145 Å². The third kappa shape index (κ3) is 7.80. The molecule has 0 fully saturated rings. The Balaban J connectivity index is 4.61. The predicted octanol–water partition coefficient (Wildman–Crippen LogP) is 2.20. The van der Waals surface area contributed by atoms with Crippen LogP contribution >= 0.6 is 0 Å². The van der Waals surface area contributed by atoms with Gasteiger partial charge in [0, 0.05) is 7.11 Å². The topological polar surface area (TPSA) is 71.1 Å². The molecule has 0 aliphatic rings. The van der Waals surface area contributed by atoms with Crippen LogP contribution in [0.5, 0.6) is 0 Å². The first-order chi connectivity index (χ1) is 11.2. The van der Waals surface area contributed by atoms with E-state index >= 15 is 0 Å². The van der Waals surface area contributed by atoms with Gasteiger partial charge in [-0.2, -0.15) is 0 Å². The molecule has 0 saturated heterocycles. The Morgan fingerprint density at radius 3 is 2.12 bits per heavy atom. The van der Waals surface area contributed by atoms with Gasteiger partial charge in [0.25, 0.3) is 0 Å². The maximum atomic E-state index is 12.3. The number of carbonyl (C=O) groups is 2. The number of esters is 2. The molecule has 0 amide bonds. The second-order valence-corrected chi connectivity index (χ2v) is 6.50. The van der Waals surface area contributed by atoms with E-state index in [0.717, 1.165) is 0 Å². The van der Waals surface area contributed by atoms with Crippen molar-refractivity contribution in [3.05, 3.63) is 0 Å². The van der Waals surface area contributed by atoms with Gasteiger partial charge in [-0.3, -0.25) is 9.59 Å². The van der Waals surface area contributed by atoms with Crippen molar-refractivity contribution in [1.82, 2.24) is 0 Å². The third-order valence-corrected chi connectivity index (χ3v) is 3.82. The van der Waals surface area contributed by atoms with Crippen molar-refractivity contribution in [2.24, 2.45) is 10.8 Å². The molecule has 0 aromatic heterocycles. The van der Waals surface area contributed by atoms with E-state index in [-0.39, 0.29) is 38.4 Å². The minimum absolute atomic E-state index is 0.130. The molecule has 0 aromatic carbocycles. The van der Waals surface area contributed by atoms with Gasteiger partial charge in [-0.25, -0.2) is 0 Å². The molecule has 1 atom stereocenters. The van der Waals surface area contributed by atoms with Crippen LogP contribution in [-0.2, 0) is 28.5 Å². The monoisotopic (exact) mass is 342 g/mol. The molecule has 0 aliphatic heterocycles. The van der Waals surface area contributed by atoms with Crippen molar-refractivity contribution in [1.29, 1.82) is 0 Å². The van der Waals surface area contributed by atoms with Crippen molar-refractivity contribution < 1.29 is 28.5 Å². The van der Waals surface area contributed by atoms with E-state index in [1.165, 1.54) is 0 Å². The highest BCUT2D eigenvalue weighted by molar-refractivity contribution is 5.80. The van der Waals surface area contributed by atoms with E-state index in [0.29, 0.717) is 19.4 Å². The van der Waals surface area contributed by atoms with Crippen LogP contribution in [0.3, 0.4) is 0 Å². The van der Waals surface area contributed by atoms with Gasteiger partial charge in [-0.15, -0.1) is 6.42 Å². The van der Waals surface area contributed by atoms with Crippen LogP contribution in [0.4, 0.5) is 0 Å². The first-order valence-electron chi connectivity index (χ1n) is 8.08. The lowest BCUT2D eigenvalue weighted by Gasteiger charge is -2.33. The van der Waals surface area contributed by atoms with E-state index in [2.05, 4.69) is 5.92 Å². The van der Waals surface area contributed by atoms with Gasteiger partial charge in [0.2, 0.25) is 0 Å². The maximum absolute atomic E-state index is 12.3. The summed E-state index contributed by atoms with van der Waals surface area (Å²) in [6.07, 6.45) is 5.94. The lowest BCUT2D eigenvalue weighted by Crippen LogP contribution is -2.39. The smallest absolute Gasteiger partial charge is 0.311 e. The average Bonchev–Trinajstić information content (AvgIpc) is 2.54. The first kappa shape index (κ1) is 22.4. The summed E-state index contributed by atoms with van der Waals surface area (Å²) in [5, 5.41) is 0. The number of terminal acetylenes is 1. The van der Waals surface area contributed by atoms with Crippen molar-refractivity contribution in [2.45, 2.75) is 40.5 Å². The summed E-state index contributed by atoms with van der Waals surface area (Å²) >= 11 is 0. The summed E-state index contributed by atoms with van der Waals surface area (Å²) in [5.41, 5.74) is -1.59. The third-order valence-electron chi connectivity index (χ3n) is 3.82. The molecular weight excluding hydrogens is 312 g/mol. The van der Waals surface area contributed by atoms with Crippen LogP contribution < -0.4 is 0 Å². The molecule has 24 heavy (non-hydrogen) atoms. The number of methoxy groups -OCH3 is 1. The van der Waals surface area contributed by atoms with E-state index in [1.54, 1.807) is 27.9 Å². The quantitative estimate of drug-likeness (QED) is 0.308. The lowest BCUT2D eigenvalue weighted by molar-refractivity contribution is -0.164. The highest BCUT2D eigenvalue weighted by atomic mass is 16.6. The van der Waals surface area contributed by atoms with Gasteiger partial charge in [-0.1, -0.05) is 12.8 Å². The van der Waals surface area contributed by atoms with Crippen LogP contribution in [0.1, 0.15) is 40.5 Å². The molecule has 0 spiro atoms. The lowest BCUT2D eigenvalue weighted by atomic mass is 9.72. The summed E-state index contributed by atoms with van der Waals surface area (Å²) < 4.78 is 20.4. The minimum Gasteiger partial charge on any atom is -0.463 e. The van der Waals surface area contributed by atoms with Gasteiger partial charge in [0.15, 0.2) is 0 Å². The van der Waals surface area contributed by atoms with E-state index in [4.69, 9.17) is 25.4 Å². The Bertz CT molecular complexity index is 437. The molecule has 0 rings (SSSR count). The van der Waals surface area contributed by atoms with Crippen LogP contribution in [0.15, 0.2) is 0 Å². The van der Waals surface area contributed by atoms with Gasteiger partial charge in [0.1, 0.15) is 19.8 Å². The van der Waals surface area contributed by atoms with E-state index < -0.39 is 10.8 Å². The molecule has 0 radical (unpaired) electrons. The van der Waals surface area contributed by atoms with Crippen LogP contribution in [0.25, 0.3) is 0 Å². The average molecular weight is 342 g/mol. The molecule has 0 aliphatic carbocycles. The Morgan fingerprint density at radius 1 is 1.00 bits per heavy atom. The summed E-state index contributed by atoms with van der Waals surface area (Å²) in [7, 11) is 1.54. The number of hydrogen-bond acceptors (Lipinski definition) is 6. The molecule has 0 bridgehead atoms. The Morgan fingerprint density at radius 2 is 1.58 bits per heavy atom. The van der Waals surface area contributed by atoms with Crippen LogP contribution in [0.2, 0.25) is 0 Å². The molecule has 0 heterocycles. The predicted molar refractivity (Wildman–Crippen MR) is 90.2 cm³/mol. The molecule has 138 valence electrons. The zero-order valence-corrected chi connectivity index (χ0v) is 15.5. The van der Waals surface area contributed by atoms with Crippen molar-refractivity contribution >= 4 is 11.9 Å². The number of rotatable bonds is 12. The Kier molecular flexibility index (Phi) is 10.3. The summed E-state index contributed by atoms with van der Waals surface area (Å²) in [6, 6.07) is 0. The molecule has 0 aromatic rings. The molecule has 1 unspecified atom stereocenters. The molecular formula is C18H30O6. The molecule has 0 saturated carbocycles. The fourth-order valence-corrected chi connectivity index (χ4v) is 2.30. The second kappa shape index (κ2) is 11.1. The SMILES string of the molecule is C#CCOCCOC(=O)C(C)(C)CC(C)(CC)C(=O)OCCOC. The van der Waals surface area contributed by atoms with Crippen LogP contribution in [0, 0.1) is 23.2 Å². The van der Waals surface area contributed by atoms with Gasteiger partial charge in [-0.05, 0) is 33.6 Å². The zero-order valence-electron chi connectivity index (χ0n) is 15.5. The van der Waals surface area contributed by atoms with Crippen molar-refractivity contribution in [3.63, 3.8) is 0 Å². The second-order valence-electron chi connectivity index (χ2n) is 6.50. The molecule has 6 nitrogen and oxygen atoms in total. The number of carbonyl (C=O) groups excluding carboxylic acids is 2. The highest BCUT2D eigenvalue weighted by Crippen LogP contribution is 2.38. The summed E-state index contributed by atoms with van der Waals surface area (Å²) in [4.78, 5) is 24.6. The Hall–Kier alpha value is -1.58.